The van der Waals surface area contributed by atoms with Crippen molar-refractivity contribution in [3.63, 3.8) is 0 Å². The molecule has 0 saturated heterocycles. The third-order valence-electron chi connectivity index (χ3n) is 2.82. The number of aromatic nitrogens is 2. The summed E-state index contributed by atoms with van der Waals surface area (Å²) < 4.78 is 0. The van der Waals surface area contributed by atoms with Crippen LogP contribution in [0.3, 0.4) is 0 Å². The van der Waals surface area contributed by atoms with Gasteiger partial charge in [0.2, 0.25) is 5.91 Å². The van der Waals surface area contributed by atoms with E-state index in [1.807, 2.05) is 27.8 Å². The summed E-state index contributed by atoms with van der Waals surface area (Å²) in [5.41, 5.74) is 0.877. The van der Waals surface area contributed by atoms with Crippen molar-refractivity contribution in [3.8, 4) is 0 Å². The van der Waals surface area contributed by atoms with Gasteiger partial charge in [-0.2, -0.15) is 0 Å². The van der Waals surface area contributed by atoms with E-state index in [-0.39, 0.29) is 5.91 Å². The molecular formula is C13H13N3OS2. The number of carbonyl (C=O) groups is 1. The van der Waals surface area contributed by atoms with E-state index in [4.69, 9.17) is 0 Å². The van der Waals surface area contributed by atoms with Crippen LogP contribution in [-0.4, -0.2) is 21.9 Å². The van der Waals surface area contributed by atoms with Gasteiger partial charge in [0.05, 0.1) is 5.69 Å². The van der Waals surface area contributed by atoms with Crippen LogP contribution in [0.5, 0.6) is 0 Å². The molecule has 1 saturated carbocycles. The van der Waals surface area contributed by atoms with Gasteiger partial charge < -0.3 is 0 Å². The Morgan fingerprint density at radius 1 is 1.42 bits per heavy atom. The van der Waals surface area contributed by atoms with E-state index in [0.29, 0.717) is 6.04 Å². The largest absolute Gasteiger partial charge is 0.285 e. The number of hydrogen-bond acceptors (Lipinski definition) is 5. The lowest BCUT2D eigenvalue weighted by atomic mass is 10.4. The van der Waals surface area contributed by atoms with E-state index < -0.39 is 0 Å². The molecule has 0 N–H and O–H groups in total. The summed E-state index contributed by atoms with van der Waals surface area (Å²) >= 11 is 3.11. The van der Waals surface area contributed by atoms with Crippen molar-refractivity contribution in [2.24, 2.45) is 0 Å². The molecule has 0 atom stereocenters. The maximum atomic E-state index is 11.6. The SMILES string of the molecule is CC(=O)N(c1nc(C=Cc2nccs2)cs1)C1CC1. The molecule has 0 bridgehead atoms. The Morgan fingerprint density at radius 3 is 2.89 bits per heavy atom. The highest BCUT2D eigenvalue weighted by molar-refractivity contribution is 7.14. The average molecular weight is 291 g/mol. The number of anilines is 1. The molecule has 0 radical (unpaired) electrons. The summed E-state index contributed by atoms with van der Waals surface area (Å²) in [6.07, 6.45) is 7.83. The quantitative estimate of drug-likeness (QED) is 0.868. The van der Waals surface area contributed by atoms with Crippen molar-refractivity contribution in [3.05, 3.63) is 27.7 Å². The van der Waals surface area contributed by atoms with Gasteiger partial charge >= 0.3 is 0 Å². The third kappa shape index (κ3) is 2.90. The average Bonchev–Trinajstić information content (AvgIpc) is 2.91. The minimum atomic E-state index is 0.0762. The Kier molecular flexibility index (Phi) is 3.44. The fourth-order valence-electron chi connectivity index (χ4n) is 1.82. The van der Waals surface area contributed by atoms with Gasteiger partial charge in [-0.25, -0.2) is 9.97 Å². The van der Waals surface area contributed by atoms with Crippen molar-refractivity contribution in [1.29, 1.82) is 0 Å². The van der Waals surface area contributed by atoms with Gasteiger partial charge in [-0.05, 0) is 25.0 Å². The van der Waals surface area contributed by atoms with Crippen LogP contribution < -0.4 is 4.90 Å². The Hall–Kier alpha value is -1.53. The Balaban J connectivity index is 1.77. The van der Waals surface area contributed by atoms with E-state index in [1.54, 1.807) is 24.5 Å². The topological polar surface area (TPSA) is 46.1 Å². The van der Waals surface area contributed by atoms with E-state index in [2.05, 4.69) is 9.97 Å². The minimum absolute atomic E-state index is 0.0762. The summed E-state index contributed by atoms with van der Waals surface area (Å²) in [5.74, 6) is 0.0762. The van der Waals surface area contributed by atoms with Crippen LogP contribution in [0.25, 0.3) is 12.2 Å². The highest BCUT2D eigenvalue weighted by atomic mass is 32.1. The maximum absolute atomic E-state index is 11.6. The summed E-state index contributed by atoms with van der Waals surface area (Å²) in [6, 6.07) is 0.361. The molecule has 2 aromatic rings. The zero-order chi connectivity index (χ0) is 13.2. The van der Waals surface area contributed by atoms with Crippen LogP contribution >= 0.6 is 22.7 Å². The molecule has 2 aromatic heterocycles. The second kappa shape index (κ2) is 5.22. The van der Waals surface area contributed by atoms with Crippen LogP contribution in [0.1, 0.15) is 30.5 Å². The Morgan fingerprint density at radius 2 is 2.26 bits per heavy atom. The lowest BCUT2D eigenvalue weighted by Gasteiger charge is -2.16. The first-order chi connectivity index (χ1) is 9.24. The van der Waals surface area contributed by atoms with Crippen LogP contribution in [0.15, 0.2) is 17.0 Å². The van der Waals surface area contributed by atoms with Gasteiger partial charge in [-0.3, -0.25) is 9.69 Å². The molecule has 6 heteroatoms. The standard InChI is InChI=1S/C13H13N3OS2/c1-9(17)16(11-3-4-11)13-15-10(8-19-13)2-5-12-14-6-7-18-12/h2,5-8,11H,3-4H2,1H3. The molecule has 3 rings (SSSR count). The number of nitrogens with zero attached hydrogens (tertiary/aromatic N) is 3. The second-order valence-corrected chi connectivity index (χ2v) is 6.14. The molecule has 1 aliphatic carbocycles. The third-order valence-corrected chi connectivity index (χ3v) is 4.41. The zero-order valence-corrected chi connectivity index (χ0v) is 12.1. The van der Waals surface area contributed by atoms with Crippen molar-refractivity contribution in [1.82, 2.24) is 9.97 Å². The molecule has 98 valence electrons. The second-order valence-electron chi connectivity index (χ2n) is 4.38. The van der Waals surface area contributed by atoms with E-state index in [9.17, 15) is 4.79 Å². The Labute approximate surface area is 119 Å². The van der Waals surface area contributed by atoms with Gasteiger partial charge in [0, 0.05) is 29.9 Å². The molecule has 0 spiro atoms. The first-order valence-corrected chi connectivity index (χ1v) is 7.83. The first-order valence-electron chi connectivity index (χ1n) is 6.07. The van der Waals surface area contributed by atoms with Gasteiger partial charge in [-0.1, -0.05) is 0 Å². The minimum Gasteiger partial charge on any atom is -0.285 e. The van der Waals surface area contributed by atoms with Crippen molar-refractivity contribution >= 4 is 45.9 Å². The molecule has 1 fully saturated rings. The predicted molar refractivity (Wildman–Crippen MR) is 79.3 cm³/mol. The first kappa shape index (κ1) is 12.5. The van der Waals surface area contributed by atoms with E-state index in [1.165, 1.54) is 11.3 Å². The molecule has 2 heterocycles. The highest BCUT2D eigenvalue weighted by Crippen LogP contribution is 2.33. The Bertz CT molecular complexity index is 599. The molecular weight excluding hydrogens is 278 g/mol. The number of hydrogen-bond donors (Lipinski definition) is 0. The molecule has 1 aliphatic rings. The summed E-state index contributed by atoms with van der Waals surface area (Å²) in [5, 5.41) is 5.67. The monoisotopic (exact) mass is 291 g/mol. The number of amides is 1. The van der Waals surface area contributed by atoms with Gasteiger partial charge in [0.25, 0.3) is 0 Å². The lowest BCUT2D eigenvalue weighted by molar-refractivity contribution is -0.116. The number of rotatable bonds is 4. The van der Waals surface area contributed by atoms with Crippen molar-refractivity contribution in [2.75, 3.05) is 4.90 Å². The smallest absolute Gasteiger partial charge is 0.225 e. The van der Waals surface area contributed by atoms with E-state index >= 15 is 0 Å². The molecule has 19 heavy (non-hydrogen) atoms. The zero-order valence-electron chi connectivity index (χ0n) is 10.4. The molecule has 0 unspecified atom stereocenters. The highest BCUT2D eigenvalue weighted by Gasteiger charge is 2.33. The van der Waals surface area contributed by atoms with Gasteiger partial charge in [-0.15, -0.1) is 22.7 Å². The fourth-order valence-corrected chi connectivity index (χ4v) is 3.25. The van der Waals surface area contributed by atoms with Crippen LogP contribution in [0.2, 0.25) is 0 Å². The summed E-state index contributed by atoms with van der Waals surface area (Å²) in [4.78, 5) is 22.1. The number of thiazole rings is 2. The predicted octanol–water partition coefficient (Wildman–Crippen LogP) is 3.29. The van der Waals surface area contributed by atoms with Crippen LogP contribution in [0, 0.1) is 0 Å². The van der Waals surface area contributed by atoms with Gasteiger partial charge in [0.1, 0.15) is 5.01 Å². The van der Waals surface area contributed by atoms with Crippen LogP contribution in [-0.2, 0) is 4.79 Å². The molecule has 0 aliphatic heterocycles. The van der Waals surface area contributed by atoms with Crippen molar-refractivity contribution in [2.45, 2.75) is 25.8 Å². The van der Waals surface area contributed by atoms with Crippen molar-refractivity contribution < 1.29 is 4.79 Å². The number of carbonyl (C=O) groups excluding carboxylic acids is 1. The molecule has 0 aromatic carbocycles. The normalized spacial score (nSPS) is 15.0. The van der Waals surface area contributed by atoms with Crippen LogP contribution in [0.4, 0.5) is 5.13 Å². The lowest BCUT2D eigenvalue weighted by Crippen LogP contribution is -2.30. The molecule has 4 nitrogen and oxygen atoms in total. The maximum Gasteiger partial charge on any atom is 0.225 e. The van der Waals surface area contributed by atoms with Gasteiger partial charge in [0.15, 0.2) is 5.13 Å². The fraction of sp³-hybridized carbons (Fsp3) is 0.308. The van der Waals surface area contributed by atoms with E-state index in [0.717, 1.165) is 28.7 Å². The molecule has 1 amide bonds. The summed E-state index contributed by atoms with van der Waals surface area (Å²) in [6.45, 7) is 1.60. The summed E-state index contributed by atoms with van der Waals surface area (Å²) in [7, 11) is 0.